The van der Waals surface area contributed by atoms with Crippen LogP contribution in [0.3, 0.4) is 0 Å². The Bertz CT molecular complexity index is 301. The Morgan fingerprint density at radius 1 is 1.47 bits per heavy atom. The molecule has 0 N–H and O–H groups in total. The fourth-order valence-electron chi connectivity index (χ4n) is 2.06. The minimum absolute atomic E-state index is 0.00968. The molecule has 1 fully saturated rings. The maximum atomic E-state index is 12.5. The first-order valence-corrected chi connectivity index (χ1v) is 6.36. The summed E-state index contributed by atoms with van der Waals surface area (Å²) in [5.41, 5.74) is -0.837. The molecular weight excluding hydrogens is 216 g/mol. The van der Waals surface area contributed by atoms with Crippen molar-refractivity contribution in [2.24, 2.45) is 5.41 Å². The van der Waals surface area contributed by atoms with Crippen molar-refractivity contribution < 1.29 is 9.53 Å². The molecule has 0 aromatic rings. The molecule has 4 heteroatoms. The van der Waals surface area contributed by atoms with Gasteiger partial charge in [0.25, 0.3) is 0 Å². The second kappa shape index (κ2) is 6.02. The van der Waals surface area contributed by atoms with Gasteiger partial charge in [0.15, 0.2) is 0 Å². The molecule has 1 amide bonds. The quantitative estimate of drug-likeness (QED) is 0.681. The molecule has 1 aliphatic rings. The third-order valence-electron chi connectivity index (χ3n) is 3.62. The van der Waals surface area contributed by atoms with Crippen LogP contribution in [0.25, 0.3) is 0 Å². The van der Waals surface area contributed by atoms with E-state index in [1.165, 1.54) is 0 Å². The second-order valence-electron chi connectivity index (χ2n) is 4.62. The van der Waals surface area contributed by atoms with Crippen LogP contribution in [0.2, 0.25) is 0 Å². The Morgan fingerprint density at radius 3 is 2.41 bits per heavy atom. The Labute approximate surface area is 104 Å². The van der Waals surface area contributed by atoms with Gasteiger partial charge in [-0.05, 0) is 25.7 Å². The van der Waals surface area contributed by atoms with Crippen molar-refractivity contribution in [3.63, 3.8) is 0 Å². The molecule has 4 nitrogen and oxygen atoms in total. The molecule has 96 valence electrons. The number of nitriles is 1. The Balaban J connectivity index is 2.78. The van der Waals surface area contributed by atoms with Crippen LogP contribution in [0.4, 0.5) is 0 Å². The molecule has 0 unspecified atom stereocenters. The number of methoxy groups -OCH3 is 1. The van der Waals surface area contributed by atoms with Gasteiger partial charge in [-0.1, -0.05) is 13.8 Å². The number of carbonyl (C=O) groups is 1. The lowest BCUT2D eigenvalue weighted by molar-refractivity contribution is -0.140. The SMILES string of the molecule is CCC(C#N)(CC)C(=O)N(CCOC)C1CC1. The highest BCUT2D eigenvalue weighted by molar-refractivity contribution is 5.86. The summed E-state index contributed by atoms with van der Waals surface area (Å²) in [6.07, 6.45) is 3.28. The maximum absolute atomic E-state index is 12.5. The maximum Gasteiger partial charge on any atom is 0.243 e. The van der Waals surface area contributed by atoms with Gasteiger partial charge in [-0.15, -0.1) is 0 Å². The molecule has 0 radical (unpaired) electrons. The van der Waals surface area contributed by atoms with Crippen LogP contribution >= 0.6 is 0 Å². The van der Waals surface area contributed by atoms with E-state index in [1.807, 2.05) is 18.7 Å². The minimum Gasteiger partial charge on any atom is -0.383 e. The van der Waals surface area contributed by atoms with Crippen molar-refractivity contribution in [1.29, 1.82) is 5.26 Å². The zero-order valence-electron chi connectivity index (χ0n) is 11.0. The summed E-state index contributed by atoms with van der Waals surface area (Å²) in [5, 5.41) is 9.29. The fraction of sp³-hybridized carbons (Fsp3) is 0.846. The highest BCUT2D eigenvalue weighted by Crippen LogP contribution is 2.34. The fourth-order valence-corrected chi connectivity index (χ4v) is 2.06. The molecular formula is C13H22N2O2. The van der Waals surface area contributed by atoms with Crippen LogP contribution in [0.15, 0.2) is 0 Å². The van der Waals surface area contributed by atoms with E-state index in [4.69, 9.17) is 4.74 Å². The molecule has 0 atom stereocenters. The van der Waals surface area contributed by atoms with E-state index in [9.17, 15) is 10.1 Å². The Kier molecular flexibility index (Phi) is 4.95. The predicted molar refractivity (Wildman–Crippen MR) is 65.2 cm³/mol. The summed E-state index contributed by atoms with van der Waals surface area (Å²) in [6, 6.07) is 2.56. The van der Waals surface area contributed by atoms with Gasteiger partial charge in [0, 0.05) is 19.7 Å². The summed E-state index contributed by atoms with van der Waals surface area (Å²) in [6.45, 7) is 4.96. The lowest BCUT2D eigenvalue weighted by Crippen LogP contribution is -2.45. The molecule has 0 spiro atoms. The topological polar surface area (TPSA) is 53.3 Å². The normalized spacial score (nSPS) is 15.4. The van der Waals surface area contributed by atoms with Crippen LogP contribution in [-0.4, -0.2) is 37.1 Å². The molecule has 17 heavy (non-hydrogen) atoms. The lowest BCUT2D eigenvalue weighted by Gasteiger charge is -2.31. The van der Waals surface area contributed by atoms with Crippen molar-refractivity contribution in [2.45, 2.75) is 45.6 Å². The Morgan fingerprint density at radius 2 is 2.06 bits per heavy atom. The third kappa shape index (κ3) is 2.98. The number of rotatable bonds is 7. The van der Waals surface area contributed by atoms with E-state index in [2.05, 4.69) is 6.07 Å². The second-order valence-corrected chi connectivity index (χ2v) is 4.62. The van der Waals surface area contributed by atoms with Crippen molar-refractivity contribution in [3.8, 4) is 6.07 Å². The first kappa shape index (κ1) is 14.0. The number of carbonyl (C=O) groups excluding carboxylic acids is 1. The van der Waals surface area contributed by atoms with E-state index >= 15 is 0 Å². The van der Waals surface area contributed by atoms with Crippen molar-refractivity contribution in [3.05, 3.63) is 0 Å². The van der Waals surface area contributed by atoms with Crippen LogP contribution in [0, 0.1) is 16.7 Å². The van der Waals surface area contributed by atoms with Crippen LogP contribution in [-0.2, 0) is 9.53 Å². The van der Waals surface area contributed by atoms with E-state index in [-0.39, 0.29) is 5.91 Å². The summed E-state index contributed by atoms with van der Waals surface area (Å²) in [5.74, 6) is -0.00968. The molecule has 0 aromatic carbocycles. The summed E-state index contributed by atoms with van der Waals surface area (Å²) < 4.78 is 5.04. The van der Waals surface area contributed by atoms with Gasteiger partial charge < -0.3 is 9.64 Å². The van der Waals surface area contributed by atoms with E-state index < -0.39 is 5.41 Å². The average Bonchev–Trinajstić information content (AvgIpc) is 3.17. The number of hydrogen-bond donors (Lipinski definition) is 0. The molecule has 0 bridgehead atoms. The average molecular weight is 238 g/mol. The number of amides is 1. The van der Waals surface area contributed by atoms with Gasteiger partial charge in [-0.25, -0.2) is 0 Å². The lowest BCUT2D eigenvalue weighted by atomic mass is 9.82. The van der Waals surface area contributed by atoms with E-state index in [0.717, 1.165) is 12.8 Å². The van der Waals surface area contributed by atoms with Crippen molar-refractivity contribution in [1.82, 2.24) is 4.90 Å². The molecule has 0 heterocycles. The molecule has 1 aliphatic carbocycles. The smallest absolute Gasteiger partial charge is 0.243 e. The first-order chi connectivity index (χ1) is 8.15. The summed E-state index contributed by atoms with van der Waals surface area (Å²) in [4.78, 5) is 14.3. The van der Waals surface area contributed by atoms with Crippen molar-refractivity contribution in [2.75, 3.05) is 20.3 Å². The van der Waals surface area contributed by atoms with Gasteiger partial charge in [0.1, 0.15) is 5.41 Å². The highest BCUT2D eigenvalue weighted by Gasteiger charge is 2.43. The van der Waals surface area contributed by atoms with Gasteiger partial charge in [-0.2, -0.15) is 5.26 Å². The van der Waals surface area contributed by atoms with Gasteiger partial charge in [-0.3, -0.25) is 4.79 Å². The highest BCUT2D eigenvalue weighted by atomic mass is 16.5. The third-order valence-corrected chi connectivity index (χ3v) is 3.62. The summed E-state index contributed by atoms with van der Waals surface area (Å²) in [7, 11) is 1.63. The summed E-state index contributed by atoms with van der Waals surface area (Å²) >= 11 is 0. The van der Waals surface area contributed by atoms with Gasteiger partial charge in [0.05, 0.1) is 12.7 Å². The van der Waals surface area contributed by atoms with Gasteiger partial charge in [0.2, 0.25) is 5.91 Å². The molecule has 0 saturated heterocycles. The van der Waals surface area contributed by atoms with Crippen LogP contribution in [0.5, 0.6) is 0 Å². The molecule has 1 saturated carbocycles. The van der Waals surface area contributed by atoms with E-state index in [1.54, 1.807) is 7.11 Å². The first-order valence-electron chi connectivity index (χ1n) is 6.36. The van der Waals surface area contributed by atoms with Gasteiger partial charge >= 0.3 is 0 Å². The Hall–Kier alpha value is -1.08. The number of ether oxygens (including phenoxy) is 1. The van der Waals surface area contributed by atoms with Crippen LogP contribution < -0.4 is 0 Å². The van der Waals surface area contributed by atoms with E-state index in [0.29, 0.717) is 32.0 Å². The molecule has 1 rings (SSSR count). The zero-order valence-corrected chi connectivity index (χ0v) is 11.0. The minimum atomic E-state index is -0.837. The number of hydrogen-bond acceptors (Lipinski definition) is 3. The largest absolute Gasteiger partial charge is 0.383 e. The van der Waals surface area contributed by atoms with Crippen molar-refractivity contribution >= 4 is 5.91 Å². The monoisotopic (exact) mass is 238 g/mol. The predicted octanol–water partition coefficient (Wildman–Crippen LogP) is 1.95. The standard InChI is InChI=1S/C13H22N2O2/c1-4-13(5-2,10-14)12(16)15(8-9-17-3)11-6-7-11/h11H,4-9H2,1-3H3. The number of nitrogens with zero attached hydrogens (tertiary/aromatic N) is 2. The molecule has 0 aliphatic heterocycles. The molecule has 0 aromatic heterocycles. The zero-order chi connectivity index (χ0) is 12.9. The van der Waals surface area contributed by atoms with Crippen LogP contribution in [0.1, 0.15) is 39.5 Å².